The number of hydrogen-bond acceptors (Lipinski definition) is 5. The van der Waals surface area contributed by atoms with Gasteiger partial charge in [0.1, 0.15) is 0 Å². The molecule has 1 aliphatic rings. The number of amides is 1. The number of ether oxygens (including phenoxy) is 2. The van der Waals surface area contributed by atoms with Gasteiger partial charge >= 0.3 is 0 Å². The predicted molar refractivity (Wildman–Crippen MR) is 124 cm³/mol. The van der Waals surface area contributed by atoms with Crippen LogP contribution in [0, 0.1) is 0 Å². The Kier molecular flexibility index (Phi) is 8.50. The monoisotopic (exact) mass is 423 g/mol. The molecule has 2 aromatic rings. The van der Waals surface area contributed by atoms with E-state index in [1.807, 2.05) is 43.3 Å². The van der Waals surface area contributed by atoms with Gasteiger partial charge in [-0.25, -0.2) is 0 Å². The number of hydrogen-bond donors (Lipinski definition) is 1. The molecular formula is C25H33N3O3. The molecule has 3 rings (SSSR count). The van der Waals surface area contributed by atoms with Crippen LogP contribution in [0.2, 0.25) is 0 Å². The van der Waals surface area contributed by atoms with Crippen molar-refractivity contribution in [2.24, 2.45) is 0 Å². The molecule has 1 heterocycles. The van der Waals surface area contributed by atoms with E-state index in [2.05, 4.69) is 34.3 Å². The van der Waals surface area contributed by atoms with E-state index >= 15 is 0 Å². The number of carbonyl (C=O) groups excluding carboxylic acids is 1. The quantitative estimate of drug-likeness (QED) is 0.628. The Labute approximate surface area is 185 Å². The van der Waals surface area contributed by atoms with Gasteiger partial charge in [0, 0.05) is 38.8 Å². The molecule has 166 valence electrons. The summed E-state index contributed by atoms with van der Waals surface area (Å²) in [5.74, 6) is 1.24. The zero-order valence-electron chi connectivity index (χ0n) is 18.7. The molecule has 6 heteroatoms. The lowest BCUT2D eigenvalue weighted by molar-refractivity contribution is -0.117. The summed E-state index contributed by atoms with van der Waals surface area (Å²) in [5, 5.41) is 3.19. The van der Waals surface area contributed by atoms with Crippen molar-refractivity contribution >= 4 is 12.0 Å². The van der Waals surface area contributed by atoms with Crippen LogP contribution in [0.5, 0.6) is 11.5 Å². The minimum Gasteiger partial charge on any atom is -0.493 e. The van der Waals surface area contributed by atoms with Crippen LogP contribution in [-0.2, 0) is 4.79 Å². The highest BCUT2D eigenvalue weighted by Gasteiger charge is 2.20. The van der Waals surface area contributed by atoms with Crippen LogP contribution in [0.4, 0.5) is 0 Å². The number of likely N-dealkylation sites (N-methyl/N-ethyl adjacent to an activating group) is 1. The van der Waals surface area contributed by atoms with Crippen LogP contribution in [0.1, 0.15) is 24.1 Å². The van der Waals surface area contributed by atoms with Crippen molar-refractivity contribution in [2.45, 2.75) is 13.0 Å². The van der Waals surface area contributed by atoms with Crippen molar-refractivity contribution in [1.82, 2.24) is 15.1 Å². The van der Waals surface area contributed by atoms with Gasteiger partial charge in [-0.05, 0) is 43.3 Å². The third kappa shape index (κ3) is 6.84. The number of rotatable bonds is 9. The maximum atomic E-state index is 12.7. The van der Waals surface area contributed by atoms with Gasteiger partial charge in [-0.3, -0.25) is 9.69 Å². The van der Waals surface area contributed by atoms with E-state index in [-0.39, 0.29) is 11.9 Å². The second kappa shape index (κ2) is 11.5. The van der Waals surface area contributed by atoms with Crippen LogP contribution in [0.25, 0.3) is 6.08 Å². The Morgan fingerprint density at radius 3 is 2.52 bits per heavy atom. The molecule has 1 fully saturated rings. The molecule has 1 unspecified atom stereocenters. The molecule has 0 aromatic heterocycles. The topological polar surface area (TPSA) is 54.0 Å². The maximum absolute atomic E-state index is 12.7. The van der Waals surface area contributed by atoms with Crippen molar-refractivity contribution < 1.29 is 14.3 Å². The van der Waals surface area contributed by atoms with Crippen molar-refractivity contribution in [1.29, 1.82) is 0 Å². The van der Waals surface area contributed by atoms with Crippen LogP contribution in [0.15, 0.2) is 54.6 Å². The third-order valence-electron chi connectivity index (χ3n) is 5.47. The van der Waals surface area contributed by atoms with Crippen molar-refractivity contribution in [3.63, 3.8) is 0 Å². The number of methoxy groups -OCH3 is 1. The number of benzene rings is 2. The Hall–Kier alpha value is -2.83. The molecule has 0 bridgehead atoms. The third-order valence-corrected chi connectivity index (χ3v) is 5.47. The summed E-state index contributed by atoms with van der Waals surface area (Å²) >= 11 is 0. The molecule has 1 atom stereocenters. The molecule has 31 heavy (non-hydrogen) atoms. The average Bonchev–Trinajstić information content (AvgIpc) is 2.79. The van der Waals surface area contributed by atoms with Gasteiger partial charge in [0.2, 0.25) is 5.91 Å². The van der Waals surface area contributed by atoms with Gasteiger partial charge < -0.3 is 19.7 Å². The highest BCUT2D eigenvalue weighted by Crippen LogP contribution is 2.28. The van der Waals surface area contributed by atoms with Crippen LogP contribution in [-0.4, -0.2) is 69.2 Å². The van der Waals surface area contributed by atoms with E-state index in [1.165, 1.54) is 0 Å². The summed E-state index contributed by atoms with van der Waals surface area (Å²) in [7, 11) is 3.76. The fourth-order valence-electron chi connectivity index (χ4n) is 3.67. The Bertz CT molecular complexity index is 862. The van der Waals surface area contributed by atoms with E-state index in [0.717, 1.165) is 43.9 Å². The fourth-order valence-corrected chi connectivity index (χ4v) is 3.67. The molecule has 0 spiro atoms. The molecule has 1 amide bonds. The summed E-state index contributed by atoms with van der Waals surface area (Å²) in [4.78, 5) is 17.5. The molecule has 0 saturated carbocycles. The molecule has 6 nitrogen and oxygen atoms in total. The number of carbonyl (C=O) groups is 1. The van der Waals surface area contributed by atoms with Crippen LogP contribution >= 0.6 is 0 Å². The van der Waals surface area contributed by atoms with Crippen molar-refractivity contribution in [3.05, 3.63) is 65.7 Å². The fraction of sp³-hybridized carbons (Fsp3) is 0.400. The van der Waals surface area contributed by atoms with E-state index < -0.39 is 0 Å². The summed E-state index contributed by atoms with van der Waals surface area (Å²) in [5.41, 5.74) is 2.00. The standard InChI is InChI=1S/C25H33N3O3/c1-4-31-24-18-20(10-12-23(24)30-3)11-13-25(29)26-22(21-8-6-5-7-9-21)19-28-16-14-27(2)15-17-28/h5-13,18,22H,4,14-17,19H2,1-3H3,(H,26,29)/b13-11+. The first-order valence-electron chi connectivity index (χ1n) is 10.8. The van der Waals surface area contributed by atoms with Gasteiger partial charge in [0.25, 0.3) is 0 Å². The highest BCUT2D eigenvalue weighted by atomic mass is 16.5. The number of piperazine rings is 1. The van der Waals surface area contributed by atoms with Crippen molar-refractivity contribution in [3.8, 4) is 11.5 Å². The molecule has 2 aromatic carbocycles. The smallest absolute Gasteiger partial charge is 0.244 e. The van der Waals surface area contributed by atoms with Crippen molar-refractivity contribution in [2.75, 3.05) is 53.5 Å². The van der Waals surface area contributed by atoms with Gasteiger partial charge in [-0.2, -0.15) is 0 Å². The van der Waals surface area contributed by atoms with E-state index in [9.17, 15) is 4.79 Å². The van der Waals surface area contributed by atoms with Crippen LogP contribution in [0.3, 0.4) is 0 Å². The SMILES string of the molecule is CCOc1cc(/C=C/C(=O)NC(CN2CCN(C)CC2)c2ccccc2)ccc1OC. The molecular weight excluding hydrogens is 390 g/mol. The molecule has 1 N–H and O–H groups in total. The Balaban J connectivity index is 1.68. The number of nitrogens with zero attached hydrogens (tertiary/aromatic N) is 2. The summed E-state index contributed by atoms with van der Waals surface area (Å²) in [6, 6.07) is 15.7. The van der Waals surface area contributed by atoms with E-state index in [4.69, 9.17) is 9.47 Å². The van der Waals surface area contributed by atoms with E-state index in [0.29, 0.717) is 18.1 Å². The molecule has 0 aliphatic carbocycles. The largest absolute Gasteiger partial charge is 0.493 e. The molecule has 1 aliphatic heterocycles. The molecule has 1 saturated heterocycles. The second-order valence-electron chi connectivity index (χ2n) is 7.75. The summed E-state index contributed by atoms with van der Waals surface area (Å²) in [6.45, 7) is 7.40. The average molecular weight is 424 g/mol. The lowest BCUT2D eigenvalue weighted by Gasteiger charge is -2.34. The minimum absolute atomic E-state index is 0.0587. The zero-order chi connectivity index (χ0) is 22.1. The van der Waals surface area contributed by atoms with Gasteiger partial charge in [0.05, 0.1) is 19.8 Å². The first-order chi connectivity index (χ1) is 15.1. The predicted octanol–water partition coefficient (Wildman–Crippen LogP) is 3.21. The van der Waals surface area contributed by atoms with Gasteiger partial charge in [-0.1, -0.05) is 36.4 Å². The van der Waals surface area contributed by atoms with Gasteiger partial charge in [0.15, 0.2) is 11.5 Å². The lowest BCUT2D eigenvalue weighted by atomic mass is 10.1. The maximum Gasteiger partial charge on any atom is 0.244 e. The first kappa shape index (κ1) is 22.8. The lowest BCUT2D eigenvalue weighted by Crippen LogP contribution is -2.47. The molecule has 0 radical (unpaired) electrons. The van der Waals surface area contributed by atoms with Crippen LogP contribution < -0.4 is 14.8 Å². The Morgan fingerprint density at radius 1 is 1.10 bits per heavy atom. The minimum atomic E-state index is -0.114. The number of nitrogens with one attached hydrogen (secondary N) is 1. The van der Waals surface area contributed by atoms with E-state index in [1.54, 1.807) is 19.3 Å². The second-order valence-corrected chi connectivity index (χ2v) is 7.75. The summed E-state index contributed by atoms with van der Waals surface area (Å²) < 4.78 is 10.9. The normalized spacial score (nSPS) is 16.2. The first-order valence-corrected chi connectivity index (χ1v) is 10.8. The highest BCUT2D eigenvalue weighted by molar-refractivity contribution is 5.92. The van der Waals surface area contributed by atoms with Gasteiger partial charge in [-0.15, -0.1) is 0 Å². The summed E-state index contributed by atoms with van der Waals surface area (Å²) in [6.07, 6.45) is 3.38. The Morgan fingerprint density at radius 2 is 1.84 bits per heavy atom. The zero-order valence-corrected chi connectivity index (χ0v) is 18.7.